The van der Waals surface area contributed by atoms with Crippen molar-refractivity contribution in [3.05, 3.63) is 72.1 Å². The van der Waals surface area contributed by atoms with E-state index in [4.69, 9.17) is 9.84 Å². The molecule has 3 heterocycles. The second-order valence-corrected chi connectivity index (χ2v) is 8.48. The second-order valence-electron chi connectivity index (χ2n) is 8.48. The van der Waals surface area contributed by atoms with Crippen molar-refractivity contribution in [1.29, 1.82) is 0 Å². The normalized spacial score (nSPS) is 17.9. The van der Waals surface area contributed by atoms with Gasteiger partial charge in [-0.05, 0) is 49.4 Å². The van der Waals surface area contributed by atoms with Crippen LogP contribution in [0.15, 0.2) is 60.8 Å². The molecule has 2 aromatic heterocycles. The molecule has 2 fully saturated rings. The Kier molecular flexibility index (Phi) is 5.55. The number of nitrogens with zero attached hydrogens (tertiary/aromatic N) is 3. The molecule has 1 aromatic carbocycles. The van der Waals surface area contributed by atoms with E-state index in [0.717, 1.165) is 17.0 Å². The summed E-state index contributed by atoms with van der Waals surface area (Å²) in [6.07, 6.45) is 5.62. The van der Waals surface area contributed by atoms with Crippen molar-refractivity contribution in [2.45, 2.75) is 43.6 Å². The lowest BCUT2D eigenvalue weighted by Gasteiger charge is -2.36. The fourth-order valence-electron chi connectivity index (χ4n) is 4.53. The summed E-state index contributed by atoms with van der Waals surface area (Å²) in [7, 11) is 0. The first-order chi connectivity index (χ1) is 15.3. The van der Waals surface area contributed by atoms with Crippen molar-refractivity contribution in [3.63, 3.8) is 0 Å². The number of hydrogen-bond donors (Lipinski definition) is 1. The first-order valence-corrected chi connectivity index (χ1v) is 11.2. The summed E-state index contributed by atoms with van der Waals surface area (Å²) in [5, 5.41) is 8.01. The number of rotatable bonds is 7. The van der Waals surface area contributed by atoms with Crippen LogP contribution in [0.25, 0.3) is 11.4 Å². The van der Waals surface area contributed by atoms with Crippen LogP contribution in [-0.2, 0) is 21.5 Å². The van der Waals surface area contributed by atoms with E-state index in [2.05, 4.69) is 33.2 Å². The molecule has 1 amide bonds. The molecule has 1 aliphatic heterocycles. The van der Waals surface area contributed by atoms with Crippen molar-refractivity contribution in [2.24, 2.45) is 0 Å². The zero-order valence-electron chi connectivity index (χ0n) is 17.7. The average Bonchev–Trinajstić information content (AvgIpc) is 3.60. The van der Waals surface area contributed by atoms with E-state index >= 15 is 0 Å². The minimum Gasteiger partial charge on any atom is -0.381 e. The van der Waals surface area contributed by atoms with E-state index in [1.54, 1.807) is 6.20 Å². The first kappa shape index (κ1) is 19.9. The van der Waals surface area contributed by atoms with Gasteiger partial charge in [0.2, 0.25) is 5.91 Å². The Hall–Kier alpha value is -2.99. The van der Waals surface area contributed by atoms with Crippen LogP contribution in [0.1, 0.15) is 42.9 Å². The van der Waals surface area contributed by atoms with Gasteiger partial charge in [0.15, 0.2) is 0 Å². The minimum atomic E-state index is -0.512. The predicted molar refractivity (Wildman–Crippen MR) is 119 cm³/mol. The lowest BCUT2D eigenvalue weighted by Crippen LogP contribution is -2.48. The lowest BCUT2D eigenvalue weighted by atomic mass is 9.73. The van der Waals surface area contributed by atoms with Gasteiger partial charge in [0.05, 0.1) is 17.7 Å². The van der Waals surface area contributed by atoms with E-state index in [-0.39, 0.29) is 5.91 Å². The van der Waals surface area contributed by atoms with Crippen LogP contribution in [0.3, 0.4) is 0 Å². The van der Waals surface area contributed by atoms with Crippen LogP contribution in [0.5, 0.6) is 0 Å². The van der Waals surface area contributed by atoms with Gasteiger partial charge in [-0.1, -0.05) is 36.4 Å². The van der Waals surface area contributed by atoms with E-state index in [1.165, 1.54) is 18.5 Å². The summed E-state index contributed by atoms with van der Waals surface area (Å²) in [5.41, 5.74) is 3.60. The Morgan fingerprint density at radius 3 is 2.55 bits per heavy atom. The number of aromatic nitrogens is 3. The molecule has 5 rings (SSSR count). The molecule has 3 aromatic rings. The monoisotopic (exact) mass is 416 g/mol. The van der Waals surface area contributed by atoms with Crippen molar-refractivity contribution in [2.75, 3.05) is 19.8 Å². The van der Waals surface area contributed by atoms with Gasteiger partial charge in [-0.2, -0.15) is 5.10 Å². The molecule has 1 saturated heterocycles. The third kappa shape index (κ3) is 4.12. The van der Waals surface area contributed by atoms with E-state index in [0.29, 0.717) is 45.1 Å². The van der Waals surface area contributed by atoms with Gasteiger partial charge in [0.25, 0.3) is 0 Å². The Morgan fingerprint density at radius 1 is 1.06 bits per heavy atom. The number of amides is 1. The number of carbonyl (C=O) groups is 1. The highest BCUT2D eigenvalue weighted by Crippen LogP contribution is 2.41. The number of ether oxygens (including phenoxy) is 1. The van der Waals surface area contributed by atoms with Crippen LogP contribution < -0.4 is 5.32 Å². The molecule has 6 heteroatoms. The Labute approximate surface area is 182 Å². The maximum atomic E-state index is 13.4. The third-order valence-electron chi connectivity index (χ3n) is 6.45. The van der Waals surface area contributed by atoms with Gasteiger partial charge in [-0.3, -0.25) is 14.5 Å². The topological polar surface area (TPSA) is 69.0 Å². The number of hydrogen-bond acceptors (Lipinski definition) is 4. The molecule has 31 heavy (non-hydrogen) atoms. The van der Waals surface area contributed by atoms with Gasteiger partial charge >= 0.3 is 0 Å². The Balaban J connectivity index is 1.30. The smallest absolute Gasteiger partial charge is 0.230 e. The van der Waals surface area contributed by atoms with Gasteiger partial charge in [-0.15, -0.1) is 0 Å². The number of pyridine rings is 1. The summed E-state index contributed by atoms with van der Waals surface area (Å²) < 4.78 is 7.62. The molecule has 0 atom stereocenters. The van der Waals surface area contributed by atoms with Crippen LogP contribution in [0.4, 0.5) is 0 Å². The van der Waals surface area contributed by atoms with E-state index in [1.807, 2.05) is 36.4 Å². The minimum absolute atomic E-state index is 0.0899. The van der Waals surface area contributed by atoms with Crippen molar-refractivity contribution < 1.29 is 9.53 Å². The van der Waals surface area contributed by atoms with Crippen molar-refractivity contribution >= 4 is 5.91 Å². The fraction of sp³-hybridized carbons (Fsp3) is 0.400. The first-order valence-electron chi connectivity index (χ1n) is 11.2. The SMILES string of the molecule is O=C(NCCn1nc(-c2ccccn2)cc1C1CC1)C1(c2ccccc2)CCOCC1. The van der Waals surface area contributed by atoms with Crippen LogP contribution in [-0.4, -0.2) is 40.4 Å². The maximum Gasteiger partial charge on any atom is 0.230 e. The molecule has 160 valence electrons. The lowest BCUT2D eigenvalue weighted by molar-refractivity contribution is -0.130. The van der Waals surface area contributed by atoms with Gasteiger partial charge in [0, 0.05) is 37.6 Å². The third-order valence-corrected chi connectivity index (χ3v) is 6.45. The summed E-state index contributed by atoms with van der Waals surface area (Å²) in [4.78, 5) is 17.8. The summed E-state index contributed by atoms with van der Waals surface area (Å²) in [5.74, 6) is 0.666. The molecular formula is C25H28N4O2. The summed E-state index contributed by atoms with van der Waals surface area (Å²) in [6, 6.07) is 18.2. The van der Waals surface area contributed by atoms with Crippen LogP contribution in [0.2, 0.25) is 0 Å². The van der Waals surface area contributed by atoms with Crippen molar-refractivity contribution in [3.8, 4) is 11.4 Å². The van der Waals surface area contributed by atoms with Gasteiger partial charge in [-0.25, -0.2) is 0 Å². The van der Waals surface area contributed by atoms with Crippen LogP contribution in [0, 0.1) is 0 Å². The highest BCUT2D eigenvalue weighted by atomic mass is 16.5. The van der Waals surface area contributed by atoms with E-state index < -0.39 is 5.41 Å². The molecule has 1 saturated carbocycles. The zero-order valence-corrected chi connectivity index (χ0v) is 17.7. The Bertz CT molecular complexity index is 1020. The summed E-state index contributed by atoms with van der Waals surface area (Å²) in [6.45, 7) is 2.44. The quantitative estimate of drug-likeness (QED) is 0.638. The average molecular weight is 417 g/mol. The molecule has 0 bridgehead atoms. The molecule has 2 aliphatic rings. The fourth-order valence-corrected chi connectivity index (χ4v) is 4.53. The molecule has 6 nitrogen and oxygen atoms in total. The molecule has 1 N–H and O–H groups in total. The number of benzene rings is 1. The second kappa shape index (κ2) is 8.63. The standard InChI is InChI=1S/C25H28N4O2/c30-24(25(11-16-31-17-12-25)20-6-2-1-3-7-20)27-14-15-29-23(19-9-10-19)18-22(28-29)21-8-4-5-13-26-21/h1-8,13,18-19H,9-12,14-17H2,(H,27,30). The van der Waals surface area contributed by atoms with Gasteiger partial charge in [0.1, 0.15) is 5.69 Å². The zero-order chi connectivity index (χ0) is 21.1. The highest BCUT2D eigenvalue weighted by molar-refractivity contribution is 5.88. The maximum absolute atomic E-state index is 13.4. The molecule has 0 spiro atoms. The largest absolute Gasteiger partial charge is 0.381 e. The summed E-state index contributed by atoms with van der Waals surface area (Å²) >= 11 is 0. The van der Waals surface area contributed by atoms with Crippen LogP contribution >= 0.6 is 0 Å². The van der Waals surface area contributed by atoms with E-state index in [9.17, 15) is 4.79 Å². The Morgan fingerprint density at radius 2 is 1.84 bits per heavy atom. The number of carbonyl (C=O) groups excluding carboxylic acids is 1. The highest BCUT2D eigenvalue weighted by Gasteiger charge is 2.41. The van der Waals surface area contributed by atoms with Crippen molar-refractivity contribution in [1.82, 2.24) is 20.1 Å². The molecule has 0 radical (unpaired) electrons. The molecule has 0 unspecified atom stereocenters. The molecular weight excluding hydrogens is 388 g/mol. The number of nitrogens with one attached hydrogen (secondary N) is 1. The predicted octanol–water partition coefficient (Wildman–Crippen LogP) is 3.69. The van der Waals surface area contributed by atoms with Gasteiger partial charge < -0.3 is 10.1 Å². The molecule has 1 aliphatic carbocycles.